The first-order valence-electron chi connectivity index (χ1n) is 5.47. The van der Waals surface area contributed by atoms with Crippen LogP contribution in [0, 0.1) is 5.82 Å². The van der Waals surface area contributed by atoms with Crippen molar-refractivity contribution in [2.75, 3.05) is 0 Å². The molecule has 3 aromatic rings. The highest BCUT2D eigenvalue weighted by Crippen LogP contribution is 2.36. The van der Waals surface area contributed by atoms with Crippen molar-refractivity contribution in [1.29, 1.82) is 0 Å². The van der Waals surface area contributed by atoms with E-state index in [1.165, 1.54) is 15.5 Å². The van der Waals surface area contributed by atoms with Crippen LogP contribution in [0.15, 0.2) is 41.8 Å². The summed E-state index contributed by atoms with van der Waals surface area (Å²) in [6.45, 7) is 0. The molecule has 3 rings (SSSR count). The second-order valence-corrected chi connectivity index (χ2v) is 5.98. The zero-order valence-electron chi connectivity index (χ0n) is 9.39. The Labute approximate surface area is 112 Å². The SMILES string of the molecule is NNC(c1cc2sccc2s1)c1ccccc1F. The molecule has 1 atom stereocenters. The van der Waals surface area contributed by atoms with E-state index in [1.54, 1.807) is 34.8 Å². The highest BCUT2D eigenvalue weighted by atomic mass is 32.1. The molecule has 18 heavy (non-hydrogen) atoms. The monoisotopic (exact) mass is 278 g/mol. The average Bonchev–Trinajstić information content (AvgIpc) is 2.93. The number of rotatable bonds is 3. The first kappa shape index (κ1) is 11.8. The Bertz CT molecular complexity index is 646. The lowest BCUT2D eigenvalue weighted by Crippen LogP contribution is -2.28. The quantitative estimate of drug-likeness (QED) is 0.567. The number of nitrogens with two attached hydrogens (primary N) is 1. The van der Waals surface area contributed by atoms with Crippen molar-refractivity contribution in [3.8, 4) is 0 Å². The van der Waals surface area contributed by atoms with Crippen LogP contribution in [0.25, 0.3) is 9.40 Å². The first-order valence-corrected chi connectivity index (χ1v) is 7.16. The van der Waals surface area contributed by atoms with Crippen LogP contribution in [0.5, 0.6) is 0 Å². The van der Waals surface area contributed by atoms with E-state index >= 15 is 0 Å². The largest absolute Gasteiger partial charge is 0.271 e. The van der Waals surface area contributed by atoms with Crippen molar-refractivity contribution < 1.29 is 4.39 Å². The molecule has 0 bridgehead atoms. The third kappa shape index (κ3) is 1.95. The van der Waals surface area contributed by atoms with E-state index in [1.807, 2.05) is 6.07 Å². The van der Waals surface area contributed by atoms with Crippen molar-refractivity contribution in [1.82, 2.24) is 5.43 Å². The van der Waals surface area contributed by atoms with E-state index in [4.69, 9.17) is 5.84 Å². The second-order valence-electron chi connectivity index (χ2n) is 3.92. The molecule has 0 aliphatic heterocycles. The van der Waals surface area contributed by atoms with Crippen LogP contribution in [-0.4, -0.2) is 0 Å². The van der Waals surface area contributed by atoms with Gasteiger partial charge in [0.2, 0.25) is 0 Å². The van der Waals surface area contributed by atoms with Gasteiger partial charge in [0.1, 0.15) is 5.82 Å². The van der Waals surface area contributed by atoms with Crippen LogP contribution in [0.1, 0.15) is 16.5 Å². The lowest BCUT2D eigenvalue weighted by Gasteiger charge is -2.15. The minimum atomic E-state index is -0.296. The number of hydrazine groups is 1. The molecule has 5 heteroatoms. The first-order chi connectivity index (χ1) is 8.79. The van der Waals surface area contributed by atoms with Gasteiger partial charge in [0.15, 0.2) is 0 Å². The van der Waals surface area contributed by atoms with Crippen LogP contribution in [0.3, 0.4) is 0 Å². The third-order valence-electron chi connectivity index (χ3n) is 2.83. The Hall–Kier alpha value is -1.27. The van der Waals surface area contributed by atoms with Crippen LogP contribution >= 0.6 is 22.7 Å². The summed E-state index contributed by atoms with van der Waals surface area (Å²) in [6, 6.07) is 10.6. The molecule has 2 aromatic heterocycles. The van der Waals surface area contributed by atoms with Gasteiger partial charge in [0.25, 0.3) is 0 Å². The summed E-state index contributed by atoms with van der Waals surface area (Å²) in [6.07, 6.45) is 0. The van der Waals surface area contributed by atoms with Gasteiger partial charge in [-0.1, -0.05) is 18.2 Å². The minimum Gasteiger partial charge on any atom is -0.271 e. The standard InChI is InChI=1S/C13H11FN2S2/c14-9-4-2-1-3-8(9)13(16-15)12-7-11-10(18-12)5-6-17-11/h1-7,13,16H,15H2. The molecule has 3 N–H and O–H groups in total. The number of nitrogens with one attached hydrogen (secondary N) is 1. The van der Waals surface area contributed by atoms with Gasteiger partial charge in [-0.2, -0.15) is 0 Å². The topological polar surface area (TPSA) is 38.0 Å². The molecule has 1 aromatic carbocycles. The fourth-order valence-electron chi connectivity index (χ4n) is 1.96. The molecule has 0 aliphatic carbocycles. The molecule has 2 heterocycles. The average molecular weight is 278 g/mol. The van der Waals surface area contributed by atoms with E-state index in [-0.39, 0.29) is 11.9 Å². The second kappa shape index (κ2) is 4.78. The molecule has 0 fully saturated rings. The van der Waals surface area contributed by atoms with E-state index in [0.29, 0.717) is 5.56 Å². The molecule has 1 unspecified atom stereocenters. The van der Waals surface area contributed by atoms with Gasteiger partial charge in [-0.25, -0.2) is 9.82 Å². The van der Waals surface area contributed by atoms with Crippen LogP contribution in [0.2, 0.25) is 0 Å². The summed E-state index contributed by atoms with van der Waals surface area (Å²) in [5, 5.41) is 2.05. The molecule has 2 nitrogen and oxygen atoms in total. The molecule has 0 saturated heterocycles. The third-order valence-corrected chi connectivity index (χ3v) is 4.98. The van der Waals surface area contributed by atoms with Gasteiger partial charge in [-0.15, -0.1) is 22.7 Å². The van der Waals surface area contributed by atoms with E-state index in [9.17, 15) is 4.39 Å². The van der Waals surface area contributed by atoms with Gasteiger partial charge < -0.3 is 0 Å². The summed E-state index contributed by atoms with van der Waals surface area (Å²) in [7, 11) is 0. The van der Waals surface area contributed by atoms with Gasteiger partial charge in [-0.05, 0) is 23.6 Å². The van der Waals surface area contributed by atoms with Crippen molar-refractivity contribution in [2.24, 2.45) is 5.84 Å². The zero-order chi connectivity index (χ0) is 12.5. The minimum absolute atomic E-state index is 0.239. The van der Waals surface area contributed by atoms with Crippen molar-refractivity contribution >= 4 is 32.1 Å². The lowest BCUT2D eigenvalue weighted by atomic mass is 10.1. The van der Waals surface area contributed by atoms with Crippen molar-refractivity contribution in [3.05, 3.63) is 58.0 Å². The maximum absolute atomic E-state index is 13.8. The molecular weight excluding hydrogens is 267 g/mol. The summed E-state index contributed by atoms with van der Waals surface area (Å²) in [4.78, 5) is 1.03. The fourth-order valence-corrected chi connectivity index (χ4v) is 4.16. The molecule has 0 saturated carbocycles. The number of fused-ring (bicyclic) bond motifs is 1. The molecule has 0 amide bonds. The number of thiophene rings is 2. The van der Waals surface area contributed by atoms with Crippen LogP contribution < -0.4 is 11.3 Å². The fraction of sp³-hybridized carbons (Fsp3) is 0.0769. The Balaban J connectivity index is 2.07. The Morgan fingerprint density at radius 2 is 2.00 bits per heavy atom. The number of benzene rings is 1. The van der Waals surface area contributed by atoms with Crippen LogP contribution in [0.4, 0.5) is 4.39 Å². The molecule has 92 valence electrons. The summed E-state index contributed by atoms with van der Waals surface area (Å²) in [5.74, 6) is 5.35. The molecule has 0 aliphatic rings. The van der Waals surface area contributed by atoms with Gasteiger partial charge in [-0.3, -0.25) is 5.84 Å². The number of halogens is 1. The van der Waals surface area contributed by atoms with E-state index in [0.717, 1.165) is 4.88 Å². The Morgan fingerprint density at radius 1 is 1.17 bits per heavy atom. The van der Waals surface area contributed by atoms with E-state index < -0.39 is 0 Å². The van der Waals surface area contributed by atoms with Crippen molar-refractivity contribution in [2.45, 2.75) is 6.04 Å². The Kier molecular flexibility index (Phi) is 3.13. The number of hydrogen-bond donors (Lipinski definition) is 2. The Morgan fingerprint density at radius 3 is 2.72 bits per heavy atom. The predicted octanol–water partition coefficient (Wildman–Crippen LogP) is 3.65. The normalized spacial score (nSPS) is 13.0. The molecule has 0 spiro atoms. The summed E-state index contributed by atoms with van der Waals surface area (Å²) >= 11 is 3.32. The maximum atomic E-state index is 13.8. The zero-order valence-corrected chi connectivity index (χ0v) is 11.0. The smallest absolute Gasteiger partial charge is 0.128 e. The summed E-state index contributed by atoms with van der Waals surface area (Å²) < 4.78 is 16.2. The van der Waals surface area contributed by atoms with Crippen LogP contribution in [-0.2, 0) is 0 Å². The van der Waals surface area contributed by atoms with Crippen molar-refractivity contribution in [3.63, 3.8) is 0 Å². The van der Waals surface area contributed by atoms with Gasteiger partial charge in [0.05, 0.1) is 6.04 Å². The predicted molar refractivity (Wildman–Crippen MR) is 75.3 cm³/mol. The van der Waals surface area contributed by atoms with Gasteiger partial charge >= 0.3 is 0 Å². The lowest BCUT2D eigenvalue weighted by molar-refractivity contribution is 0.564. The molecule has 0 radical (unpaired) electrons. The summed E-state index contributed by atoms with van der Waals surface area (Å²) in [5.41, 5.74) is 3.28. The maximum Gasteiger partial charge on any atom is 0.128 e. The van der Waals surface area contributed by atoms with Gasteiger partial charge in [0, 0.05) is 19.8 Å². The highest BCUT2D eigenvalue weighted by molar-refractivity contribution is 7.27. The van der Waals surface area contributed by atoms with E-state index in [2.05, 4.69) is 22.9 Å². The highest BCUT2D eigenvalue weighted by Gasteiger charge is 2.18. The number of hydrogen-bond acceptors (Lipinski definition) is 4. The molecular formula is C13H11FN2S2.